The normalized spacial score (nSPS) is 26.5. The molecule has 0 saturated carbocycles. The molecule has 42 heavy (non-hydrogen) atoms. The van der Waals surface area contributed by atoms with E-state index in [1.165, 1.54) is 0 Å². The van der Waals surface area contributed by atoms with Crippen LogP contribution in [0, 0.1) is 11.3 Å². The van der Waals surface area contributed by atoms with E-state index in [0.29, 0.717) is 63.0 Å². The number of nitrogen functional groups attached to an aromatic ring is 1. The van der Waals surface area contributed by atoms with Gasteiger partial charge in [0.1, 0.15) is 30.3 Å². The van der Waals surface area contributed by atoms with Crippen molar-refractivity contribution in [2.24, 2.45) is 0 Å². The lowest BCUT2D eigenvalue weighted by molar-refractivity contribution is -0.0857. The van der Waals surface area contributed by atoms with Gasteiger partial charge in [-0.05, 0) is 56.3 Å². The van der Waals surface area contributed by atoms with Crippen LogP contribution in [0.15, 0.2) is 30.6 Å². The van der Waals surface area contributed by atoms with E-state index in [0.717, 1.165) is 66.9 Å². The lowest BCUT2D eigenvalue weighted by Gasteiger charge is -2.43. The summed E-state index contributed by atoms with van der Waals surface area (Å²) >= 11 is 0. The molecular formula is C31H37FN8O2. The zero-order valence-corrected chi connectivity index (χ0v) is 24.1. The molecule has 1 aromatic carbocycles. The number of aromatic nitrogens is 4. The Bertz CT molecular complexity index is 1520. The van der Waals surface area contributed by atoms with Crippen LogP contribution in [0.4, 0.5) is 15.9 Å². The lowest BCUT2D eigenvalue weighted by Crippen LogP contribution is -2.44. The molecule has 3 aliphatic heterocycles. The number of likely N-dealkylation sites (N-methyl/N-ethyl adjacent to an activating group) is 1. The topological polar surface area (TPSA) is 118 Å². The molecule has 1 aliphatic carbocycles. The Morgan fingerprint density at radius 2 is 2.19 bits per heavy atom. The van der Waals surface area contributed by atoms with E-state index in [2.05, 4.69) is 21.0 Å². The second-order valence-electron chi connectivity index (χ2n) is 12.3. The molecule has 2 saturated heterocycles. The number of anilines is 2. The Morgan fingerprint density at radius 1 is 1.29 bits per heavy atom. The second kappa shape index (κ2) is 10.5. The van der Waals surface area contributed by atoms with Crippen molar-refractivity contribution in [1.29, 1.82) is 5.26 Å². The summed E-state index contributed by atoms with van der Waals surface area (Å²) in [5.74, 6) is 0.761. The van der Waals surface area contributed by atoms with Gasteiger partial charge in [-0.15, -0.1) is 0 Å². The van der Waals surface area contributed by atoms with Crippen LogP contribution in [-0.2, 0) is 36.3 Å². The Hall–Kier alpha value is -3.75. The average Bonchev–Trinajstić information content (AvgIpc) is 3.71. The number of rotatable bonds is 7. The average molecular weight is 573 g/mol. The van der Waals surface area contributed by atoms with Crippen LogP contribution in [0.3, 0.4) is 0 Å². The third kappa shape index (κ3) is 4.57. The van der Waals surface area contributed by atoms with Gasteiger partial charge in [0, 0.05) is 62.2 Å². The molecule has 0 bridgehead atoms. The molecule has 2 aromatic heterocycles. The van der Waals surface area contributed by atoms with Gasteiger partial charge in [-0.1, -0.05) is 6.07 Å². The maximum Gasteiger partial charge on any atom is 0.318 e. The summed E-state index contributed by atoms with van der Waals surface area (Å²) in [4.78, 5) is 14.2. The molecule has 5 heterocycles. The zero-order valence-electron chi connectivity index (χ0n) is 24.1. The van der Waals surface area contributed by atoms with Crippen molar-refractivity contribution < 1.29 is 13.9 Å². The third-order valence-electron chi connectivity index (χ3n) is 9.73. The number of fused-ring (bicyclic) bond motifs is 4. The van der Waals surface area contributed by atoms with Crippen LogP contribution in [0.25, 0.3) is 0 Å². The fourth-order valence-corrected chi connectivity index (χ4v) is 7.66. The smallest absolute Gasteiger partial charge is 0.318 e. The molecule has 2 N–H and O–H groups in total. The van der Waals surface area contributed by atoms with Gasteiger partial charge in [-0.2, -0.15) is 20.3 Å². The van der Waals surface area contributed by atoms with E-state index >= 15 is 0 Å². The standard InChI is InChI=1S/C31H37FN8O2/c1-38(13-14-40-12-4-10-35-40)28-24-19-42-31(9-2-5-21-6-7-25(34)23(17-33)27(21)31)16-26(24)36-29(37-28)41-20-30-8-3-11-39(30)18-22(32)15-30/h4,6-7,10,12,22H,2-3,5,8-9,11,13-16,18-20,34H2,1H3. The van der Waals surface area contributed by atoms with Crippen molar-refractivity contribution in [3.63, 3.8) is 0 Å². The van der Waals surface area contributed by atoms with E-state index in [-0.39, 0.29) is 5.54 Å². The number of hydrogen-bond acceptors (Lipinski definition) is 9. The van der Waals surface area contributed by atoms with Crippen LogP contribution in [-0.4, -0.2) is 69.6 Å². The van der Waals surface area contributed by atoms with Crippen molar-refractivity contribution in [2.45, 2.75) is 75.4 Å². The summed E-state index contributed by atoms with van der Waals surface area (Å²) in [6, 6.07) is 8.42. The number of aryl methyl sites for hydroxylation is 1. The summed E-state index contributed by atoms with van der Waals surface area (Å²) in [6.07, 6.45) is 8.44. The molecule has 220 valence electrons. The van der Waals surface area contributed by atoms with E-state index in [4.69, 9.17) is 25.2 Å². The predicted octanol–water partition coefficient (Wildman–Crippen LogP) is 3.52. The summed E-state index contributed by atoms with van der Waals surface area (Å²) in [6.45, 7) is 3.42. The van der Waals surface area contributed by atoms with Crippen molar-refractivity contribution in [3.8, 4) is 12.1 Å². The number of nitriles is 1. The molecular weight excluding hydrogens is 535 g/mol. The van der Waals surface area contributed by atoms with Gasteiger partial charge in [-0.3, -0.25) is 9.58 Å². The first-order chi connectivity index (χ1) is 20.4. The molecule has 2 fully saturated rings. The first-order valence-corrected chi connectivity index (χ1v) is 15.0. The third-order valence-corrected chi connectivity index (χ3v) is 9.73. The number of nitrogens with two attached hydrogens (primary N) is 1. The number of ether oxygens (including phenoxy) is 2. The predicted molar refractivity (Wildman–Crippen MR) is 155 cm³/mol. The largest absolute Gasteiger partial charge is 0.461 e. The van der Waals surface area contributed by atoms with Gasteiger partial charge in [0.25, 0.3) is 0 Å². The number of halogens is 1. The van der Waals surface area contributed by atoms with Gasteiger partial charge in [0.2, 0.25) is 0 Å². The Labute approximate surface area is 245 Å². The first-order valence-electron chi connectivity index (χ1n) is 15.0. The maximum atomic E-state index is 14.4. The molecule has 1 spiro atoms. The van der Waals surface area contributed by atoms with E-state index in [1.807, 2.05) is 36.1 Å². The minimum Gasteiger partial charge on any atom is -0.461 e. The van der Waals surface area contributed by atoms with Crippen LogP contribution >= 0.6 is 0 Å². The molecule has 0 amide bonds. The zero-order chi connectivity index (χ0) is 28.9. The monoisotopic (exact) mass is 572 g/mol. The van der Waals surface area contributed by atoms with E-state index in [9.17, 15) is 9.65 Å². The Kier molecular flexibility index (Phi) is 6.78. The molecule has 11 heteroatoms. The first kappa shape index (κ1) is 27.1. The van der Waals surface area contributed by atoms with Crippen molar-refractivity contribution in [1.82, 2.24) is 24.6 Å². The number of nitrogens with zero attached hydrogens (tertiary/aromatic N) is 7. The molecule has 3 aromatic rings. The fourth-order valence-electron chi connectivity index (χ4n) is 7.66. The Balaban J connectivity index is 1.24. The fraction of sp³-hybridized carbons (Fsp3) is 0.548. The van der Waals surface area contributed by atoms with Gasteiger partial charge in [0.05, 0.1) is 29.9 Å². The number of hydrogen-bond donors (Lipinski definition) is 1. The molecule has 7 rings (SSSR count). The summed E-state index contributed by atoms with van der Waals surface area (Å²) in [5, 5.41) is 14.4. The molecule has 0 radical (unpaired) electrons. The number of alkyl halides is 1. The van der Waals surface area contributed by atoms with Crippen LogP contribution in [0.5, 0.6) is 6.01 Å². The molecule has 10 nitrogen and oxygen atoms in total. The highest BCUT2D eigenvalue weighted by Gasteiger charge is 2.50. The number of benzene rings is 1. The van der Waals surface area contributed by atoms with Crippen molar-refractivity contribution in [3.05, 3.63) is 58.5 Å². The minimum atomic E-state index is -0.826. The molecule has 3 unspecified atom stereocenters. The summed E-state index contributed by atoms with van der Waals surface area (Å²) in [7, 11) is 2.01. The van der Waals surface area contributed by atoms with E-state index < -0.39 is 11.8 Å². The van der Waals surface area contributed by atoms with Crippen molar-refractivity contribution in [2.75, 3.05) is 43.9 Å². The highest BCUT2D eigenvalue weighted by molar-refractivity contribution is 5.63. The molecule has 3 atom stereocenters. The van der Waals surface area contributed by atoms with Crippen LogP contribution in [0.2, 0.25) is 0 Å². The molecule has 4 aliphatic rings. The minimum absolute atomic E-state index is 0.295. The van der Waals surface area contributed by atoms with Crippen LogP contribution in [0.1, 0.15) is 60.1 Å². The Morgan fingerprint density at radius 3 is 3.02 bits per heavy atom. The summed E-state index contributed by atoms with van der Waals surface area (Å²) in [5.41, 5.74) is 10.1. The maximum absolute atomic E-state index is 14.4. The highest BCUT2D eigenvalue weighted by Crippen LogP contribution is 2.48. The lowest BCUT2D eigenvalue weighted by atomic mass is 9.72. The van der Waals surface area contributed by atoms with Gasteiger partial charge < -0.3 is 20.1 Å². The van der Waals surface area contributed by atoms with Crippen molar-refractivity contribution >= 4 is 11.5 Å². The quantitative estimate of drug-likeness (QED) is 0.424. The SMILES string of the molecule is CN(CCn1cccn1)c1nc(OCC23CCCN2CC(F)C3)nc2c1COC1(CCCc3ccc(N)c(C#N)c31)C2. The van der Waals surface area contributed by atoms with E-state index in [1.54, 1.807) is 6.20 Å². The van der Waals surface area contributed by atoms with Gasteiger partial charge >= 0.3 is 6.01 Å². The highest BCUT2D eigenvalue weighted by atomic mass is 19.1. The summed E-state index contributed by atoms with van der Waals surface area (Å²) < 4.78 is 29.4. The second-order valence-corrected chi connectivity index (χ2v) is 12.3. The van der Waals surface area contributed by atoms with Gasteiger partial charge in [0.15, 0.2) is 0 Å². The van der Waals surface area contributed by atoms with Crippen LogP contribution < -0.4 is 15.4 Å². The van der Waals surface area contributed by atoms with Gasteiger partial charge in [-0.25, -0.2) is 4.39 Å².